The van der Waals surface area contributed by atoms with Crippen molar-refractivity contribution in [3.8, 4) is 0 Å². The fourth-order valence-electron chi connectivity index (χ4n) is 2.23. The third-order valence-electron chi connectivity index (χ3n) is 3.23. The highest BCUT2D eigenvalue weighted by molar-refractivity contribution is 5.76. The van der Waals surface area contributed by atoms with E-state index in [9.17, 15) is 9.90 Å². The van der Waals surface area contributed by atoms with E-state index >= 15 is 0 Å². The van der Waals surface area contributed by atoms with Gasteiger partial charge in [0.1, 0.15) is 0 Å². The Morgan fingerprint density at radius 3 is 2.69 bits per heavy atom. The predicted molar refractivity (Wildman–Crippen MR) is 61.4 cm³/mol. The monoisotopic (exact) mass is 230 g/mol. The van der Waals surface area contributed by atoms with Crippen LogP contribution in [-0.4, -0.2) is 71.4 Å². The third-order valence-corrected chi connectivity index (χ3v) is 3.23. The Morgan fingerprint density at radius 1 is 1.62 bits per heavy atom. The first-order valence-electron chi connectivity index (χ1n) is 5.67. The van der Waals surface area contributed by atoms with Gasteiger partial charge in [0.2, 0.25) is 0 Å². The minimum Gasteiger partial charge on any atom is -0.479 e. The maximum atomic E-state index is 10.8. The lowest BCUT2D eigenvalue weighted by atomic mass is 10.1. The number of nitrogens with zero attached hydrogens (tertiary/aromatic N) is 2. The van der Waals surface area contributed by atoms with E-state index in [1.165, 1.54) is 13.3 Å². The number of likely N-dealkylation sites (tertiary alicyclic amines) is 1. The molecule has 16 heavy (non-hydrogen) atoms. The molecule has 0 radical (unpaired) electrons. The predicted octanol–water partition coefficient (Wildman–Crippen LogP) is -0.152. The number of hydrogen-bond donors (Lipinski definition) is 2. The zero-order chi connectivity index (χ0) is 12.3. The fourth-order valence-corrected chi connectivity index (χ4v) is 2.23. The van der Waals surface area contributed by atoms with E-state index in [1.54, 1.807) is 0 Å². The van der Waals surface area contributed by atoms with E-state index in [2.05, 4.69) is 11.9 Å². The number of carbonyl (C=O) groups is 1. The van der Waals surface area contributed by atoms with Gasteiger partial charge in [0.05, 0.1) is 0 Å². The number of hydrogen-bond acceptors (Lipinski definition) is 4. The van der Waals surface area contributed by atoms with Crippen LogP contribution in [0.15, 0.2) is 0 Å². The summed E-state index contributed by atoms with van der Waals surface area (Å²) in [5.41, 5.74) is -1.66. The second-order valence-electron chi connectivity index (χ2n) is 5.05. The van der Waals surface area contributed by atoms with E-state index < -0.39 is 11.6 Å². The molecule has 0 aromatic heterocycles. The number of likely N-dealkylation sites (N-methyl/N-ethyl adjacent to an activating group) is 2. The maximum absolute atomic E-state index is 10.8. The molecule has 0 aromatic carbocycles. The van der Waals surface area contributed by atoms with Crippen molar-refractivity contribution in [2.24, 2.45) is 0 Å². The molecule has 5 heteroatoms. The average Bonchev–Trinajstić information content (AvgIpc) is 2.50. The van der Waals surface area contributed by atoms with Crippen molar-refractivity contribution in [2.45, 2.75) is 31.4 Å². The Morgan fingerprint density at radius 2 is 2.25 bits per heavy atom. The molecule has 0 spiro atoms. The molecule has 1 heterocycles. The molecule has 1 rings (SSSR count). The van der Waals surface area contributed by atoms with Crippen molar-refractivity contribution in [3.63, 3.8) is 0 Å². The summed E-state index contributed by atoms with van der Waals surface area (Å²) in [6, 6.07) is 0.481. The van der Waals surface area contributed by atoms with Crippen LogP contribution in [0.2, 0.25) is 0 Å². The molecule has 1 fully saturated rings. The average molecular weight is 230 g/mol. The highest BCUT2D eigenvalue weighted by Crippen LogP contribution is 2.16. The van der Waals surface area contributed by atoms with Crippen LogP contribution in [0.5, 0.6) is 0 Å². The van der Waals surface area contributed by atoms with Gasteiger partial charge in [0, 0.05) is 19.1 Å². The number of rotatable bonds is 5. The van der Waals surface area contributed by atoms with Gasteiger partial charge in [0.25, 0.3) is 0 Å². The van der Waals surface area contributed by atoms with Crippen LogP contribution in [0.4, 0.5) is 0 Å². The Labute approximate surface area is 96.7 Å². The van der Waals surface area contributed by atoms with Crippen molar-refractivity contribution in [3.05, 3.63) is 0 Å². The fraction of sp³-hybridized carbons (Fsp3) is 0.909. The number of aliphatic hydroxyl groups is 1. The summed E-state index contributed by atoms with van der Waals surface area (Å²) < 4.78 is 0. The second kappa shape index (κ2) is 5.12. The largest absolute Gasteiger partial charge is 0.479 e. The molecule has 5 nitrogen and oxygen atoms in total. The summed E-state index contributed by atoms with van der Waals surface area (Å²) in [7, 11) is 3.93. The van der Waals surface area contributed by atoms with Gasteiger partial charge in [-0.05, 0) is 40.4 Å². The van der Waals surface area contributed by atoms with Crippen molar-refractivity contribution in [1.82, 2.24) is 9.80 Å². The van der Waals surface area contributed by atoms with E-state index in [0.29, 0.717) is 6.04 Å². The number of aliphatic carboxylic acids is 1. The molecular weight excluding hydrogens is 208 g/mol. The van der Waals surface area contributed by atoms with Crippen LogP contribution in [0.25, 0.3) is 0 Å². The Hall–Kier alpha value is -0.650. The van der Waals surface area contributed by atoms with Gasteiger partial charge >= 0.3 is 5.97 Å². The SMILES string of the molecule is CN(CC1CCCN1C)CC(C)(O)C(=O)O. The summed E-state index contributed by atoms with van der Waals surface area (Å²) >= 11 is 0. The molecule has 2 unspecified atom stereocenters. The first-order valence-corrected chi connectivity index (χ1v) is 5.67. The molecule has 1 saturated heterocycles. The molecule has 0 bridgehead atoms. The van der Waals surface area contributed by atoms with Crippen LogP contribution in [-0.2, 0) is 4.79 Å². The smallest absolute Gasteiger partial charge is 0.336 e. The molecule has 2 N–H and O–H groups in total. The Bertz CT molecular complexity index is 256. The summed E-state index contributed by atoms with van der Waals surface area (Å²) in [5.74, 6) is -1.17. The molecular formula is C11H22N2O3. The quantitative estimate of drug-likeness (QED) is 0.687. The molecule has 94 valence electrons. The lowest BCUT2D eigenvalue weighted by Crippen LogP contribution is -2.48. The maximum Gasteiger partial charge on any atom is 0.336 e. The summed E-state index contributed by atoms with van der Waals surface area (Å²) in [4.78, 5) is 14.9. The topological polar surface area (TPSA) is 64.0 Å². The lowest BCUT2D eigenvalue weighted by Gasteiger charge is -2.29. The van der Waals surface area contributed by atoms with E-state index in [0.717, 1.165) is 19.5 Å². The van der Waals surface area contributed by atoms with Crippen molar-refractivity contribution in [1.29, 1.82) is 0 Å². The van der Waals surface area contributed by atoms with Crippen LogP contribution in [0.1, 0.15) is 19.8 Å². The van der Waals surface area contributed by atoms with E-state index in [1.807, 2.05) is 11.9 Å². The van der Waals surface area contributed by atoms with Gasteiger partial charge in [-0.15, -0.1) is 0 Å². The molecule has 1 aliphatic rings. The minimum absolute atomic E-state index is 0.159. The normalized spacial score (nSPS) is 25.9. The molecule has 0 amide bonds. The van der Waals surface area contributed by atoms with E-state index in [-0.39, 0.29) is 6.54 Å². The van der Waals surface area contributed by atoms with Gasteiger partial charge in [-0.2, -0.15) is 0 Å². The molecule has 0 saturated carbocycles. The molecule has 0 aromatic rings. The Kier molecular flexibility index (Phi) is 4.29. The lowest BCUT2D eigenvalue weighted by molar-refractivity contribution is -0.158. The van der Waals surface area contributed by atoms with Crippen LogP contribution in [0.3, 0.4) is 0 Å². The van der Waals surface area contributed by atoms with Gasteiger partial charge in [-0.3, -0.25) is 0 Å². The van der Waals surface area contributed by atoms with Crippen molar-refractivity contribution in [2.75, 3.05) is 33.7 Å². The van der Waals surface area contributed by atoms with Crippen LogP contribution >= 0.6 is 0 Å². The van der Waals surface area contributed by atoms with Gasteiger partial charge < -0.3 is 20.0 Å². The van der Waals surface area contributed by atoms with Crippen molar-refractivity contribution < 1.29 is 15.0 Å². The summed E-state index contributed by atoms with van der Waals surface area (Å²) in [5, 5.41) is 18.5. The minimum atomic E-state index is -1.66. The molecule has 1 aliphatic heterocycles. The summed E-state index contributed by atoms with van der Waals surface area (Å²) in [6.45, 7) is 3.41. The zero-order valence-corrected chi connectivity index (χ0v) is 10.3. The molecule has 2 atom stereocenters. The van der Waals surface area contributed by atoms with Crippen molar-refractivity contribution >= 4 is 5.97 Å². The van der Waals surface area contributed by atoms with E-state index in [4.69, 9.17) is 5.11 Å². The van der Waals surface area contributed by atoms with Crippen LogP contribution < -0.4 is 0 Å². The highest BCUT2D eigenvalue weighted by Gasteiger charge is 2.32. The number of carboxylic acids is 1. The van der Waals surface area contributed by atoms with Crippen LogP contribution in [0, 0.1) is 0 Å². The van der Waals surface area contributed by atoms with Gasteiger partial charge in [0.15, 0.2) is 5.60 Å². The third kappa shape index (κ3) is 3.43. The first kappa shape index (κ1) is 13.4. The van der Waals surface area contributed by atoms with Gasteiger partial charge in [-0.1, -0.05) is 0 Å². The highest BCUT2D eigenvalue weighted by atomic mass is 16.4. The Balaban J connectivity index is 2.41. The second-order valence-corrected chi connectivity index (χ2v) is 5.05. The first-order chi connectivity index (χ1) is 7.33. The zero-order valence-electron chi connectivity index (χ0n) is 10.3. The van der Waals surface area contributed by atoms with Gasteiger partial charge in [-0.25, -0.2) is 4.79 Å². The number of carboxylic acid groups (broad SMARTS) is 1. The molecule has 0 aliphatic carbocycles. The standard InChI is InChI=1S/C11H22N2O3/c1-11(16,10(14)15)8-12(2)7-9-5-4-6-13(9)3/h9,16H,4-8H2,1-3H3,(H,14,15). The summed E-state index contributed by atoms with van der Waals surface area (Å²) in [6.07, 6.45) is 2.35.